The lowest BCUT2D eigenvalue weighted by Crippen LogP contribution is -2.43. The largest absolute Gasteiger partial charge is 0.344 e. The Kier molecular flexibility index (Phi) is 4.55. The third kappa shape index (κ3) is 5.04. The fraction of sp³-hybridized carbons (Fsp3) is 0.909. The van der Waals surface area contributed by atoms with Gasteiger partial charge >= 0.3 is 0 Å². The molecule has 0 aliphatic heterocycles. The van der Waals surface area contributed by atoms with Gasteiger partial charge in [-0.3, -0.25) is 4.79 Å². The van der Waals surface area contributed by atoms with E-state index in [1.807, 2.05) is 0 Å². The lowest BCUT2D eigenvalue weighted by molar-refractivity contribution is -0.131. The average molecular weight is 262 g/mol. The summed E-state index contributed by atoms with van der Waals surface area (Å²) in [7, 11) is -1.32. The molecular weight excluding hydrogens is 240 g/mol. The first-order chi connectivity index (χ1) is 7.70. The Morgan fingerprint density at radius 2 is 2.06 bits per heavy atom. The van der Waals surface area contributed by atoms with Crippen molar-refractivity contribution in [3.63, 3.8) is 0 Å². The molecule has 0 bridgehead atoms. The van der Waals surface area contributed by atoms with Crippen LogP contribution in [-0.2, 0) is 14.6 Å². The SMILES string of the molecule is CC1CC1CN(C)C(=O)C(N)CCS(C)(=O)=O. The number of carbonyl (C=O) groups is 1. The van der Waals surface area contributed by atoms with Crippen molar-refractivity contribution in [3.05, 3.63) is 0 Å². The smallest absolute Gasteiger partial charge is 0.239 e. The van der Waals surface area contributed by atoms with Crippen LogP contribution in [-0.4, -0.2) is 50.9 Å². The van der Waals surface area contributed by atoms with Crippen LogP contribution in [0, 0.1) is 11.8 Å². The molecule has 0 radical (unpaired) electrons. The molecule has 0 aromatic carbocycles. The second-order valence-electron chi connectivity index (χ2n) is 5.22. The molecule has 0 saturated heterocycles. The van der Waals surface area contributed by atoms with Gasteiger partial charge in [0.2, 0.25) is 5.91 Å². The van der Waals surface area contributed by atoms with Gasteiger partial charge in [0.25, 0.3) is 0 Å². The highest BCUT2D eigenvalue weighted by atomic mass is 32.2. The van der Waals surface area contributed by atoms with E-state index in [1.165, 1.54) is 0 Å². The van der Waals surface area contributed by atoms with E-state index in [-0.39, 0.29) is 18.1 Å². The van der Waals surface area contributed by atoms with Gasteiger partial charge in [-0.2, -0.15) is 0 Å². The van der Waals surface area contributed by atoms with Gasteiger partial charge in [-0.1, -0.05) is 6.92 Å². The maximum absolute atomic E-state index is 11.8. The van der Waals surface area contributed by atoms with Crippen molar-refractivity contribution < 1.29 is 13.2 Å². The molecule has 0 aromatic rings. The van der Waals surface area contributed by atoms with Crippen LogP contribution in [0.3, 0.4) is 0 Å². The van der Waals surface area contributed by atoms with Crippen molar-refractivity contribution in [3.8, 4) is 0 Å². The zero-order valence-corrected chi connectivity index (χ0v) is 11.5. The molecule has 1 aliphatic carbocycles. The fourth-order valence-corrected chi connectivity index (χ4v) is 2.52. The van der Waals surface area contributed by atoms with Crippen LogP contribution in [0.2, 0.25) is 0 Å². The number of hydrogen-bond acceptors (Lipinski definition) is 4. The van der Waals surface area contributed by atoms with Gasteiger partial charge in [0.15, 0.2) is 0 Å². The molecule has 0 aromatic heterocycles. The van der Waals surface area contributed by atoms with Crippen molar-refractivity contribution in [2.45, 2.75) is 25.8 Å². The van der Waals surface area contributed by atoms with Crippen LogP contribution in [0.1, 0.15) is 19.8 Å². The van der Waals surface area contributed by atoms with E-state index in [1.54, 1.807) is 11.9 Å². The summed E-state index contributed by atoms with van der Waals surface area (Å²) in [5.74, 6) is 1.09. The van der Waals surface area contributed by atoms with E-state index in [9.17, 15) is 13.2 Å². The Bertz CT molecular complexity index is 380. The lowest BCUT2D eigenvalue weighted by atomic mass is 10.2. The summed E-state index contributed by atoms with van der Waals surface area (Å²) in [5, 5.41) is 0. The average Bonchev–Trinajstić information content (AvgIpc) is 2.88. The van der Waals surface area contributed by atoms with Crippen LogP contribution in [0.25, 0.3) is 0 Å². The third-order valence-electron chi connectivity index (χ3n) is 3.28. The highest BCUT2D eigenvalue weighted by Crippen LogP contribution is 2.37. The highest BCUT2D eigenvalue weighted by Gasteiger charge is 2.34. The van der Waals surface area contributed by atoms with E-state index in [0.29, 0.717) is 11.8 Å². The quantitative estimate of drug-likeness (QED) is 0.722. The summed E-state index contributed by atoms with van der Waals surface area (Å²) >= 11 is 0. The van der Waals surface area contributed by atoms with Crippen LogP contribution in [0.15, 0.2) is 0 Å². The second kappa shape index (κ2) is 5.35. The predicted molar refractivity (Wildman–Crippen MR) is 67.2 cm³/mol. The molecule has 100 valence electrons. The molecule has 3 atom stereocenters. The van der Waals surface area contributed by atoms with E-state index in [0.717, 1.165) is 19.2 Å². The van der Waals surface area contributed by atoms with Gasteiger partial charge in [0.05, 0.1) is 11.8 Å². The van der Waals surface area contributed by atoms with Gasteiger partial charge in [-0.25, -0.2) is 8.42 Å². The van der Waals surface area contributed by atoms with Crippen LogP contribution >= 0.6 is 0 Å². The topological polar surface area (TPSA) is 80.5 Å². The highest BCUT2D eigenvalue weighted by molar-refractivity contribution is 7.90. The minimum Gasteiger partial charge on any atom is -0.344 e. The Morgan fingerprint density at radius 1 is 1.53 bits per heavy atom. The van der Waals surface area contributed by atoms with Crippen molar-refractivity contribution in [1.82, 2.24) is 4.90 Å². The first-order valence-electron chi connectivity index (χ1n) is 5.89. The number of nitrogens with zero attached hydrogens (tertiary/aromatic N) is 1. The van der Waals surface area contributed by atoms with E-state index in [2.05, 4.69) is 6.92 Å². The zero-order chi connectivity index (χ0) is 13.2. The molecule has 1 fully saturated rings. The van der Waals surface area contributed by atoms with Crippen LogP contribution < -0.4 is 5.73 Å². The molecule has 2 N–H and O–H groups in total. The summed E-state index contributed by atoms with van der Waals surface area (Å²) in [4.78, 5) is 13.5. The van der Waals surface area contributed by atoms with Crippen molar-refractivity contribution in [1.29, 1.82) is 0 Å². The Morgan fingerprint density at radius 3 is 2.47 bits per heavy atom. The minimum atomic E-state index is -3.05. The number of rotatable bonds is 6. The van der Waals surface area contributed by atoms with Crippen LogP contribution in [0.4, 0.5) is 0 Å². The number of hydrogen-bond donors (Lipinski definition) is 1. The number of amides is 1. The molecule has 1 rings (SSSR count). The summed E-state index contributed by atoms with van der Waals surface area (Å²) in [5.41, 5.74) is 5.70. The fourth-order valence-electron chi connectivity index (χ4n) is 1.84. The van der Waals surface area contributed by atoms with Gasteiger partial charge < -0.3 is 10.6 Å². The Hall–Kier alpha value is -0.620. The molecular formula is C11H22N2O3S. The predicted octanol–water partition coefficient (Wildman–Crippen LogP) is -0.137. The number of sulfone groups is 1. The standard InChI is InChI=1S/C11H22N2O3S/c1-8-6-9(8)7-13(2)11(14)10(12)4-5-17(3,15)16/h8-10H,4-7,12H2,1-3H3. The monoisotopic (exact) mass is 262 g/mol. The summed E-state index contributed by atoms with van der Waals surface area (Å²) < 4.78 is 22.0. The van der Waals surface area contributed by atoms with Crippen molar-refractivity contribution in [2.24, 2.45) is 17.6 Å². The van der Waals surface area contributed by atoms with Gasteiger partial charge in [0, 0.05) is 19.8 Å². The van der Waals surface area contributed by atoms with Gasteiger partial charge in [-0.05, 0) is 24.7 Å². The van der Waals surface area contributed by atoms with E-state index < -0.39 is 15.9 Å². The summed E-state index contributed by atoms with van der Waals surface area (Å²) in [6.45, 7) is 2.89. The van der Waals surface area contributed by atoms with Gasteiger partial charge in [-0.15, -0.1) is 0 Å². The van der Waals surface area contributed by atoms with Crippen molar-refractivity contribution >= 4 is 15.7 Å². The maximum Gasteiger partial charge on any atom is 0.239 e. The number of likely N-dealkylation sites (N-methyl/N-ethyl adjacent to an activating group) is 1. The van der Waals surface area contributed by atoms with Crippen molar-refractivity contribution in [2.75, 3.05) is 25.6 Å². The maximum atomic E-state index is 11.8. The first-order valence-corrected chi connectivity index (χ1v) is 7.95. The number of nitrogens with two attached hydrogens (primary N) is 1. The molecule has 1 aliphatic rings. The molecule has 3 unspecified atom stereocenters. The zero-order valence-electron chi connectivity index (χ0n) is 10.7. The lowest BCUT2D eigenvalue weighted by Gasteiger charge is -2.21. The molecule has 1 amide bonds. The van der Waals surface area contributed by atoms with E-state index in [4.69, 9.17) is 5.73 Å². The van der Waals surface area contributed by atoms with Crippen LogP contribution in [0.5, 0.6) is 0 Å². The third-order valence-corrected chi connectivity index (χ3v) is 4.25. The molecule has 5 nitrogen and oxygen atoms in total. The second-order valence-corrected chi connectivity index (χ2v) is 7.48. The minimum absolute atomic E-state index is 0.0341. The molecule has 17 heavy (non-hydrogen) atoms. The Balaban J connectivity index is 2.35. The summed E-state index contributed by atoms with van der Waals surface area (Å²) in [6.07, 6.45) is 2.51. The normalized spacial score (nSPS) is 25.4. The first kappa shape index (κ1) is 14.4. The molecule has 0 heterocycles. The Labute approximate surface area is 103 Å². The molecule has 1 saturated carbocycles. The van der Waals surface area contributed by atoms with E-state index >= 15 is 0 Å². The number of carbonyl (C=O) groups excluding carboxylic acids is 1. The van der Waals surface area contributed by atoms with Gasteiger partial charge in [0.1, 0.15) is 9.84 Å². The molecule has 6 heteroatoms. The summed E-state index contributed by atoms with van der Waals surface area (Å²) in [6, 6.07) is -0.705. The molecule has 0 spiro atoms.